The third-order valence-corrected chi connectivity index (χ3v) is 5.98. The number of aromatic nitrogens is 1. The van der Waals surface area contributed by atoms with E-state index < -0.39 is 5.97 Å². The molecule has 164 valence electrons. The van der Waals surface area contributed by atoms with Crippen LogP contribution in [-0.2, 0) is 0 Å². The van der Waals surface area contributed by atoms with Crippen LogP contribution >= 0.6 is 11.6 Å². The third-order valence-electron chi connectivity index (χ3n) is 5.73. The highest BCUT2D eigenvalue weighted by Crippen LogP contribution is 2.27. The maximum atomic E-state index is 13.1. The summed E-state index contributed by atoms with van der Waals surface area (Å²) in [5, 5.41) is 10.2. The summed E-state index contributed by atoms with van der Waals surface area (Å²) in [6.45, 7) is 1.72. The summed E-state index contributed by atoms with van der Waals surface area (Å²) in [5.41, 5.74) is 3.23. The van der Waals surface area contributed by atoms with Gasteiger partial charge in [-0.3, -0.25) is 9.78 Å². The molecule has 1 N–H and O–H groups in total. The van der Waals surface area contributed by atoms with Crippen molar-refractivity contribution in [2.75, 3.05) is 29.9 Å². The number of benzene rings is 2. The summed E-state index contributed by atoms with van der Waals surface area (Å²) in [6.07, 6.45) is 4.92. The lowest BCUT2D eigenvalue weighted by Crippen LogP contribution is -2.29. The van der Waals surface area contributed by atoms with Crippen LogP contribution in [0.4, 0.5) is 17.1 Å². The number of hydrogen-bond acceptors (Lipinski definition) is 5. The van der Waals surface area contributed by atoms with Gasteiger partial charge in [0.2, 0.25) is 5.78 Å². The second-order valence-electron chi connectivity index (χ2n) is 7.89. The summed E-state index contributed by atoms with van der Waals surface area (Å²) in [7, 11) is 1.91. The molecule has 1 aliphatic heterocycles. The van der Waals surface area contributed by atoms with Crippen LogP contribution in [0.1, 0.15) is 45.7 Å². The van der Waals surface area contributed by atoms with Crippen molar-refractivity contribution in [3.63, 3.8) is 0 Å². The van der Waals surface area contributed by atoms with Crippen LogP contribution in [0, 0.1) is 0 Å². The van der Waals surface area contributed by atoms with E-state index in [4.69, 9.17) is 11.6 Å². The van der Waals surface area contributed by atoms with Crippen molar-refractivity contribution in [3.05, 3.63) is 82.6 Å². The first-order valence-corrected chi connectivity index (χ1v) is 10.9. The number of hydrogen-bond donors (Lipinski definition) is 1. The average Bonchev–Trinajstić information content (AvgIpc) is 2.84. The number of halogens is 1. The Hall–Kier alpha value is -3.38. The number of ketones is 1. The minimum Gasteiger partial charge on any atom is -0.478 e. The van der Waals surface area contributed by atoms with Crippen LogP contribution in [0.5, 0.6) is 0 Å². The van der Waals surface area contributed by atoms with Gasteiger partial charge in [-0.15, -0.1) is 0 Å². The molecule has 6 nitrogen and oxygen atoms in total. The number of carbonyl (C=O) groups excluding carboxylic acids is 1. The van der Waals surface area contributed by atoms with Gasteiger partial charge < -0.3 is 14.9 Å². The second-order valence-corrected chi connectivity index (χ2v) is 8.32. The van der Waals surface area contributed by atoms with Gasteiger partial charge in [-0.1, -0.05) is 11.6 Å². The van der Waals surface area contributed by atoms with E-state index in [1.807, 2.05) is 42.3 Å². The Balaban J connectivity index is 1.60. The van der Waals surface area contributed by atoms with E-state index in [1.165, 1.54) is 12.5 Å². The predicted octanol–water partition coefficient (Wildman–Crippen LogP) is 5.42. The molecule has 1 aliphatic rings. The number of carboxylic acid groups (broad SMARTS) is 1. The van der Waals surface area contributed by atoms with Gasteiger partial charge in [0.15, 0.2) is 0 Å². The summed E-state index contributed by atoms with van der Waals surface area (Å²) in [6, 6.07) is 15.8. The smallest absolute Gasteiger partial charge is 0.335 e. The Kier molecular flexibility index (Phi) is 6.42. The molecule has 0 amide bonds. The molecule has 1 fully saturated rings. The topological polar surface area (TPSA) is 73.7 Å². The fourth-order valence-corrected chi connectivity index (χ4v) is 4.01. The molecule has 0 aliphatic carbocycles. The van der Waals surface area contributed by atoms with Crippen molar-refractivity contribution in [1.29, 1.82) is 0 Å². The molecule has 0 unspecified atom stereocenters. The SMILES string of the molecule is CN(c1ccc(Cl)cc1)c1ccc(C(=O)c2cc(C(=O)O)cc(N3CCCCC3)c2)nc1. The predicted molar refractivity (Wildman–Crippen MR) is 127 cm³/mol. The van der Waals surface area contributed by atoms with E-state index in [0.29, 0.717) is 10.6 Å². The molecule has 0 radical (unpaired) electrons. The van der Waals surface area contributed by atoms with Gasteiger partial charge >= 0.3 is 5.97 Å². The Labute approximate surface area is 192 Å². The first kappa shape index (κ1) is 21.8. The maximum Gasteiger partial charge on any atom is 0.335 e. The number of rotatable bonds is 6. The van der Waals surface area contributed by atoms with E-state index in [-0.39, 0.29) is 17.0 Å². The lowest BCUT2D eigenvalue weighted by Gasteiger charge is -2.29. The number of pyridine rings is 1. The molecule has 3 aromatic rings. The molecule has 1 aromatic heterocycles. The minimum absolute atomic E-state index is 0.107. The quantitative estimate of drug-likeness (QED) is 0.506. The number of carboxylic acids is 1. The zero-order valence-electron chi connectivity index (χ0n) is 17.8. The van der Waals surface area contributed by atoms with Gasteiger partial charge in [0.25, 0.3) is 0 Å². The second kappa shape index (κ2) is 9.40. The molecule has 4 rings (SSSR count). The first-order chi connectivity index (χ1) is 15.4. The van der Waals surface area contributed by atoms with Crippen molar-refractivity contribution < 1.29 is 14.7 Å². The van der Waals surface area contributed by atoms with Gasteiger partial charge in [-0.2, -0.15) is 0 Å². The van der Waals surface area contributed by atoms with E-state index in [2.05, 4.69) is 9.88 Å². The molecule has 1 saturated heterocycles. The molecular formula is C25H24ClN3O3. The molecule has 2 aromatic carbocycles. The summed E-state index contributed by atoms with van der Waals surface area (Å²) >= 11 is 5.96. The highest BCUT2D eigenvalue weighted by molar-refractivity contribution is 6.30. The Bertz CT molecular complexity index is 1120. The molecule has 0 atom stereocenters. The van der Waals surface area contributed by atoms with E-state index in [1.54, 1.807) is 24.4 Å². The molecule has 7 heteroatoms. The van der Waals surface area contributed by atoms with Gasteiger partial charge in [-0.05, 0) is 73.9 Å². The normalized spacial score (nSPS) is 13.6. The maximum absolute atomic E-state index is 13.1. The van der Waals surface area contributed by atoms with Crippen molar-refractivity contribution in [3.8, 4) is 0 Å². The number of piperidine rings is 1. The minimum atomic E-state index is -1.05. The Morgan fingerprint density at radius 3 is 2.22 bits per heavy atom. The number of aromatic carboxylic acids is 1. The molecular weight excluding hydrogens is 426 g/mol. The van der Waals surface area contributed by atoms with Gasteiger partial charge in [0, 0.05) is 42.1 Å². The largest absolute Gasteiger partial charge is 0.478 e. The summed E-state index contributed by atoms with van der Waals surface area (Å²) in [4.78, 5) is 33.2. The zero-order chi connectivity index (χ0) is 22.7. The van der Waals surface area contributed by atoms with Crippen LogP contribution < -0.4 is 9.80 Å². The van der Waals surface area contributed by atoms with Gasteiger partial charge in [0.05, 0.1) is 17.4 Å². The first-order valence-electron chi connectivity index (χ1n) is 10.6. The fourth-order valence-electron chi connectivity index (χ4n) is 3.88. The molecule has 2 heterocycles. The summed E-state index contributed by atoms with van der Waals surface area (Å²) in [5.74, 6) is -1.35. The fraction of sp³-hybridized carbons (Fsp3) is 0.240. The van der Waals surface area contributed by atoms with Gasteiger partial charge in [-0.25, -0.2) is 4.79 Å². The molecule has 0 spiro atoms. The van der Waals surface area contributed by atoms with E-state index >= 15 is 0 Å². The van der Waals surface area contributed by atoms with E-state index in [9.17, 15) is 14.7 Å². The lowest BCUT2D eigenvalue weighted by molar-refractivity contribution is 0.0697. The van der Waals surface area contributed by atoms with Crippen molar-refractivity contribution in [2.45, 2.75) is 19.3 Å². The van der Waals surface area contributed by atoms with Crippen LogP contribution in [0.3, 0.4) is 0 Å². The highest BCUT2D eigenvalue weighted by Gasteiger charge is 2.19. The monoisotopic (exact) mass is 449 g/mol. The van der Waals surface area contributed by atoms with Crippen LogP contribution in [0.2, 0.25) is 5.02 Å². The zero-order valence-corrected chi connectivity index (χ0v) is 18.5. The van der Waals surface area contributed by atoms with E-state index in [0.717, 1.165) is 43.0 Å². The molecule has 32 heavy (non-hydrogen) atoms. The number of nitrogens with zero attached hydrogens (tertiary/aromatic N) is 3. The number of anilines is 3. The van der Waals surface area contributed by atoms with Gasteiger partial charge in [0.1, 0.15) is 5.69 Å². The Morgan fingerprint density at radius 1 is 0.938 bits per heavy atom. The van der Waals surface area contributed by atoms with Crippen molar-refractivity contribution in [2.24, 2.45) is 0 Å². The Morgan fingerprint density at radius 2 is 1.59 bits per heavy atom. The van der Waals surface area contributed by atoms with Crippen LogP contribution in [-0.4, -0.2) is 42.0 Å². The third kappa shape index (κ3) is 4.75. The highest BCUT2D eigenvalue weighted by atomic mass is 35.5. The average molecular weight is 450 g/mol. The molecule has 0 saturated carbocycles. The standard InChI is InChI=1S/C25H24ClN3O3/c1-28(20-7-5-19(26)6-8-20)21-9-10-23(27-16-21)24(30)17-13-18(25(31)32)15-22(14-17)29-11-3-2-4-12-29/h5-10,13-16H,2-4,11-12H2,1H3,(H,31,32). The summed E-state index contributed by atoms with van der Waals surface area (Å²) < 4.78 is 0. The van der Waals surface area contributed by atoms with Crippen LogP contribution in [0.15, 0.2) is 60.8 Å². The van der Waals surface area contributed by atoms with Crippen molar-refractivity contribution in [1.82, 2.24) is 4.98 Å². The number of carbonyl (C=O) groups is 2. The molecule has 0 bridgehead atoms. The van der Waals surface area contributed by atoms with Crippen molar-refractivity contribution >= 4 is 40.4 Å². The van der Waals surface area contributed by atoms with Crippen LogP contribution in [0.25, 0.3) is 0 Å². The lowest BCUT2D eigenvalue weighted by atomic mass is 10.0.